The molecular weight excluding hydrogens is 422 g/mol. The van der Waals surface area contributed by atoms with E-state index < -0.39 is 37.1 Å². The number of benzene rings is 1. The van der Waals surface area contributed by atoms with Crippen LogP contribution >= 0.6 is 23.4 Å². The highest BCUT2D eigenvalue weighted by Crippen LogP contribution is 2.43. The molecule has 0 atom stereocenters. The van der Waals surface area contributed by atoms with Gasteiger partial charge in [-0.1, -0.05) is 23.4 Å². The number of imide groups is 1. The molecule has 9 nitrogen and oxygen atoms in total. The summed E-state index contributed by atoms with van der Waals surface area (Å²) in [6, 6.07) is 3.45. The Morgan fingerprint density at radius 1 is 1.00 bits per heavy atom. The SMILES string of the molecule is CCOC(=O)CN1C(=O)N(CC(=O)OCC)C2=CSc3ccc(Cl)cc3N2C1=O. The van der Waals surface area contributed by atoms with Crippen LogP contribution in [-0.4, -0.2) is 60.1 Å². The molecule has 29 heavy (non-hydrogen) atoms. The summed E-state index contributed by atoms with van der Waals surface area (Å²) in [5.74, 6) is -1.20. The molecule has 1 saturated heterocycles. The van der Waals surface area contributed by atoms with E-state index in [1.54, 1.807) is 37.5 Å². The molecule has 1 fully saturated rings. The van der Waals surface area contributed by atoms with Gasteiger partial charge in [-0.15, -0.1) is 0 Å². The van der Waals surface area contributed by atoms with Gasteiger partial charge in [-0.2, -0.15) is 0 Å². The van der Waals surface area contributed by atoms with E-state index in [0.29, 0.717) is 10.7 Å². The first-order valence-corrected chi connectivity index (χ1v) is 10.0. The van der Waals surface area contributed by atoms with Gasteiger partial charge in [-0.05, 0) is 32.0 Å². The van der Waals surface area contributed by atoms with Crippen molar-refractivity contribution in [2.75, 3.05) is 31.2 Å². The van der Waals surface area contributed by atoms with Gasteiger partial charge in [0.25, 0.3) is 0 Å². The van der Waals surface area contributed by atoms with Crippen molar-refractivity contribution in [3.63, 3.8) is 0 Å². The van der Waals surface area contributed by atoms with Crippen molar-refractivity contribution in [1.29, 1.82) is 0 Å². The first kappa shape index (κ1) is 21.0. The minimum atomic E-state index is -0.815. The molecule has 2 aliphatic rings. The fraction of sp³-hybridized carbons (Fsp3) is 0.333. The molecule has 0 spiro atoms. The first-order valence-electron chi connectivity index (χ1n) is 8.78. The lowest BCUT2D eigenvalue weighted by molar-refractivity contribution is -0.143. The van der Waals surface area contributed by atoms with Crippen LogP contribution in [0.1, 0.15) is 13.8 Å². The summed E-state index contributed by atoms with van der Waals surface area (Å²) in [4.78, 5) is 53.9. The van der Waals surface area contributed by atoms with Crippen molar-refractivity contribution in [1.82, 2.24) is 9.80 Å². The van der Waals surface area contributed by atoms with E-state index in [2.05, 4.69) is 0 Å². The van der Waals surface area contributed by atoms with Crippen molar-refractivity contribution >= 4 is 53.1 Å². The smallest absolute Gasteiger partial charge is 0.339 e. The largest absolute Gasteiger partial charge is 0.465 e. The number of thioether (sulfide) groups is 1. The fourth-order valence-electron chi connectivity index (χ4n) is 2.84. The van der Waals surface area contributed by atoms with E-state index >= 15 is 0 Å². The predicted molar refractivity (Wildman–Crippen MR) is 105 cm³/mol. The number of carbonyl (C=O) groups excluding carboxylic acids is 4. The van der Waals surface area contributed by atoms with Crippen LogP contribution in [0, 0.1) is 0 Å². The molecule has 11 heteroatoms. The number of ether oxygens (including phenoxy) is 2. The summed E-state index contributed by atoms with van der Waals surface area (Å²) in [5, 5.41) is 1.98. The highest BCUT2D eigenvalue weighted by Gasteiger charge is 2.45. The van der Waals surface area contributed by atoms with Gasteiger partial charge < -0.3 is 9.47 Å². The Kier molecular flexibility index (Phi) is 6.33. The number of carbonyl (C=O) groups is 4. The number of urea groups is 2. The fourth-order valence-corrected chi connectivity index (χ4v) is 3.89. The topological polar surface area (TPSA) is 96.5 Å². The van der Waals surface area contributed by atoms with Gasteiger partial charge in [0.05, 0.1) is 18.9 Å². The molecule has 154 valence electrons. The van der Waals surface area contributed by atoms with E-state index in [1.165, 1.54) is 16.7 Å². The van der Waals surface area contributed by atoms with Crippen LogP contribution in [0.5, 0.6) is 0 Å². The zero-order valence-corrected chi connectivity index (χ0v) is 17.3. The maximum Gasteiger partial charge on any atom is 0.339 e. The van der Waals surface area contributed by atoms with Gasteiger partial charge >= 0.3 is 24.0 Å². The van der Waals surface area contributed by atoms with E-state index in [0.717, 1.165) is 14.7 Å². The van der Waals surface area contributed by atoms with Crippen LogP contribution in [0.15, 0.2) is 34.3 Å². The van der Waals surface area contributed by atoms with Gasteiger partial charge in [0.1, 0.15) is 18.9 Å². The molecule has 0 saturated carbocycles. The Morgan fingerprint density at radius 2 is 1.62 bits per heavy atom. The van der Waals surface area contributed by atoms with Gasteiger partial charge in [0.2, 0.25) is 0 Å². The summed E-state index contributed by atoms with van der Waals surface area (Å²) >= 11 is 7.38. The number of amides is 4. The summed E-state index contributed by atoms with van der Waals surface area (Å²) in [6.45, 7) is 2.50. The third kappa shape index (κ3) is 4.18. The van der Waals surface area contributed by atoms with Crippen LogP contribution in [0.3, 0.4) is 0 Å². The average Bonchev–Trinajstić information content (AvgIpc) is 2.68. The summed E-state index contributed by atoms with van der Waals surface area (Å²) in [6.07, 6.45) is 0. The molecule has 1 aromatic rings. The maximum atomic E-state index is 13.1. The van der Waals surface area contributed by atoms with Crippen molar-refractivity contribution in [3.8, 4) is 0 Å². The number of hydrogen-bond acceptors (Lipinski definition) is 7. The van der Waals surface area contributed by atoms with Crippen LogP contribution in [-0.2, 0) is 19.1 Å². The molecule has 0 aliphatic carbocycles. The summed E-state index contributed by atoms with van der Waals surface area (Å²) in [7, 11) is 0. The quantitative estimate of drug-likeness (QED) is 0.628. The molecular formula is C18H18ClN3O6S. The highest BCUT2D eigenvalue weighted by molar-refractivity contribution is 8.02. The Morgan fingerprint density at radius 3 is 2.24 bits per heavy atom. The molecule has 0 aromatic heterocycles. The molecule has 0 radical (unpaired) electrons. The number of anilines is 1. The lowest BCUT2D eigenvalue weighted by atomic mass is 10.2. The van der Waals surface area contributed by atoms with E-state index in [4.69, 9.17) is 21.1 Å². The van der Waals surface area contributed by atoms with Crippen LogP contribution in [0.2, 0.25) is 5.02 Å². The van der Waals surface area contributed by atoms with Crippen molar-refractivity contribution in [2.24, 2.45) is 0 Å². The number of halogens is 1. The minimum absolute atomic E-state index is 0.103. The lowest BCUT2D eigenvalue weighted by Crippen LogP contribution is -2.62. The Labute approximate surface area is 176 Å². The minimum Gasteiger partial charge on any atom is -0.465 e. The standard InChI is InChI=1S/C18H18ClN3O6S/c1-3-27-15(23)8-20-14-10-29-13-6-5-11(19)7-12(13)22(14)18(26)21(17(20)25)9-16(24)28-4-2/h5-7,10H,3-4,8-9H2,1-2H3. The molecule has 2 heterocycles. The Balaban J connectivity index is 2.02. The van der Waals surface area contributed by atoms with Crippen LogP contribution in [0.25, 0.3) is 0 Å². The molecule has 1 aromatic carbocycles. The van der Waals surface area contributed by atoms with Gasteiger partial charge in [-0.25, -0.2) is 19.4 Å². The van der Waals surface area contributed by atoms with Gasteiger partial charge in [0.15, 0.2) is 0 Å². The predicted octanol–water partition coefficient (Wildman–Crippen LogP) is 3.03. The van der Waals surface area contributed by atoms with E-state index in [9.17, 15) is 19.2 Å². The molecule has 0 unspecified atom stereocenters. The number of nitrogens with zero attached hydrogens (tertiary/aromatic N) is 3. The molecule has 0 bridgehead atoms. The molecule has 2 aliphatic heterocycles. The van der Waals surface area contributed by atoms with E-state index in [-0.39, 0.29) is 19.0 Å². The summed E-state index contributed by atoms with van der Waals surface area (Å²) < 4.78 is 9.81. The van der Waals surface area contributed by atoms with Gasteiger partial charge in [0, 0.05) is 15.3 Å². The first-order chi connectivity index (χ1) is 13.9. The van der Waals surface area contributed by atoms with Crippen LogP contribution < -0.4 is 4.90 Å². The molecule has 4 amide bonds. The summed E-state index contributed by atoms with van der Waals surface area (Å²) in [5.41, 5.74) is 0.445. The Hall–Kier alpha value is -2.72. The van der Waals surface area contributed by atoms with Crippen LogP contribution in [0.4, 0.5) is 15.3 Å². The second-order valence-corrected chi connectivity index (χ2v) is 7.24. The lowest BCUT2D eigenvalue weighted by Gasteiger charge is -2.43. The number of rotatable bonds is 6. The highest BCUT2D eigenvalue weighted by atomic mass is 35.5. The second-order valence-electron chi connectivity index (χ2n) is 5.89. The third-order valence-electron chi connectivity index (χ3n) is 4.03. The third-order valence-corrected chi connectivity index (χ3v) is 5.19. The second kappa shape index (κ2) is 8.75. The van der Waals surface area contributed by atoms with Crippen molar-refractivity contribution in [2.45, 2.75) is 18.7 Å². The van der Waals surface area contributed by atoms with Crippen molar-refractivity contribution in [3.05, 3.63) is 34.5 Å². The zero-order valence-electron chi connectivity index (χ0n) is 15.7. The zero-order chi connectivity index (χ0) is 21.1. The number of fused-ring (bicyclic) bond motifs is 3. The van der Waals surface area contributed by atoms with E-state index in [1.807, 2.05) is 0 Å². The van der Waals surface area contributed by atoms with Gasteiger partial charge in [-0.3, -0.25) is 14.5 Å². The number of esters is 2. The van der Waals surface area contributed by atoms with Crippen molar-refractivity contribution < 1.29 is 28.7 Å². The number of hydrogen-bond donors (Lipinski definition) is 0. The molecule has 3 rings (SSSR count). The normalized spacial score (nSPS) is 15.6. The molecule has 0 N–H and O–H groups in total. The maximum absolute atomic E-state index is 13.1. The average molecular weight is 440 g/mol. The monoisotopic (exact) mass is 439 g/mol. The Bertz CT molecular complexity index is 906.